The summed E-state index contributed by atoms with van der Waals surface area (Å²) in [5.41, 5.74) is 1.14. The smallest absolute Gasteiger partial charge is 0.133 e. The lowest BCUT2D eigenvalue weighted by Crippen LogP contribution is -1.97. The predicted octanol–water partition coefficient (Wildman–Crippen LogP) is 5.88. The van der Waals surface area contributed by atoms with Crippen molar-refractivity contribution in [2.75, 3.05) is 6.61 Å². The fourth-order valence-corrected chi connectivity index (χ4v) is 2.93. The van der Waals surface area contributed by atoms with Crippen LogP contribution in [0.1, 0.15) is 42.2 Å². The maximum absolute atomic E-state index is 5.79. The molecule has 0 amide bonds. The third-order valence-electron chi connectivity index (χ3n) is 2.99. The number of aryl methyl sites for hydroxylation is 1. The molecule has 1 heterocycles. The molecule has 4 heteroatoms. The number of benzene rings is 1. The first-order valence-corrected chi connectivity index (χ1v) is 8.51. The normalized spacial score (nSPS) is 12.4. The maximum atomic E-state index is 5.79. The number of halogens is 2. The molecular formula is C16H18Br2O2. The Balaban J connectivity index is 2.17. The van der Waals surface area contributed by atoms with Crippen LogP contribution in [0.4, 0.5) is 0 Å². The first kappa shape index (κ1) is 15.6. The second-order valence-electron chi connectivity index (χ2n) is 4.56. The lowest BCUT2D eigenvalue weighted by atomic mass is 10.1. The average Bonchev–Trinajstić information content (AvgIpc) is 2.94. The highest BCUT2D eigenvalue weighted by Crippen LogP contribution is 2.36. The fraction of sp³-hybridized carbons (Fsp3) is 0.375. The summed E-state index contributed by atoms with van der Waals surface area (Å²) in [4.78, 5) is 0.0549. The van der Waals surface area contributed by atoms with Gasteiger partial charge in [0.15, 0.2) is 0 Å². The molecule has 0 aliphatic carbocycles. The van der Waals surface area contributed by atoms with E-state index in [1.807, 2.05) is 18.2 Å². The molecule has 2 aromatic rings. The van der Waals surface area contributed by atoms with Crippen molar-refractivity contribution in [1.29, 1.82) is 0 Å². The van der Waals surface area contributed by atoms with Crippen LogP contribution in [0.15, 0.2) is 39.2 Å². The topological polar surface area (TPSA) is 22.4 Å². The van der Waals surface area contributed by atoms with E-state index in [2.05, 4.69) is 57.8 Å². The quantitative estimate of drug-likeness (QED) is 0.564. The van der Waals surface area contributed by atoms with E-state index < -0.39 is 0 Å². The Bertz CT molecular complexity index is 563. The molecule has 1 aromatic carbocycles. The van der Waals surface area contributed by atoms with Gasteiger partial charge in [-0.1, -0.05) is 35.8 Å². The third-order valence-corrected chi connectivity index (χ3v) is 4.59. The molecule has 0 spiro atoms. The standard InChI is InChI=1S/C16H18Br2O2/c1-3-9-19-14-7-5-11(10-13(14)17)16(18)15-8-6-12(4-2)20-15/h5-8,10,16H,3-4,9H2,1-2H3. The number of hydrogen-bond donors (Lipinski definition) is 0. The van der Waals surface area contributed by atoms with Gasteiger partial charge in [0.25, 0.3) is 0 Å². The Morgan fingerprint density at radius 1 is 1.20 bits per heavy atom. The molecule has 0 radical (unpaired) electrons. The van der Waals surface area contributed by atoms with Crippen LogP contribution >= 0.6 is 31.9 Å². The van der Waals surface area contributed by atoms with Crippen LogP contribution in [0.25, 0.3) is 0 Å². The van der Waals surface area contributed by atoms with Crippen molar-refractivity contribution in [3.05, 3.63) is 51.9 Å². The van der Waals surface area contributed by atoms with Crippen LogP contribution in [0.2, 0.25) is 0 Å². The minimum absolute atomic E-state index is 0.0549. The number of ether oxygens (including phenoxy) is 1. The van der Waals surface area contributed by atoms with E-state index in [9.17, 15) is 0 Å². The van der Waals surface area contributed by atoms with Gasteiger partial charge in [-0.3, -0.25) is 0 Å². The van der Waals surface area contributed by atoms with Crippen molar-refractivity contribution in [3.8, 4) is 5.75 Å². The summed E-state index contributed by atoms with van der Waals surface area (Å²) < 4.78 is 12.4. The zero-order chi connectivity index (χ0) is 14.5. The molecule has 0 fully saturated rings. The third kappa shape index (κ3) is 3.67. The predicted molar refractivity (Wildman–Crippen MR) is 88.8 cm³/mol. The van der Waals surface area contributed by atoms with Gasteiger partial charge in [0.05, 0.1) is 15.9 Å². The molecule has 0 bridgehead atoms. The van der Waals surface area contributed by atoms with Crippen molar-refractivity contribution in [3.63, 3.8) is 0 Å². The van der Waals surface area contributed by atoms with E-state index in [4.69, 9.17) is 9.15 Å². The second-order valence-corrected chi connectivity index (χ2v) is 6.33. The van der Waals surface area contributed by atoms with E-state index in [0.717, 1.165) is 46.8 Å². The summed E-state index contributed by atoms with van der Waals surface area (Å²) in [5.74, 6) is 2.81. The first-order valence-electron chi connectivity index (χ1n) is 6.80. The van der Waals surface area contributed by atoms with Crippen molar-refractivity contribution in [1.82, 2.24) is 0 Å². The Morgan fingerprint density at radius 2 is 2.00 bits per heavy atom. The summed E-state index contributed by atoms with van der Waals surface area (Å²) in [6.45, 7) is 4.91. The molecule has 0 N–H and O–H groups in total. The summed E-state index contributed by atoms with van der Waals surface area (Å²) in [6.07, 6.45) is 1.91. The van der Waals surface area contributed by atoms with Gasteiger partial charge in [-0.2, -0.15) is 0 Å². The number of alkyl halides is 1. The van der Waals surface area contributed by atoms with Crippen LogP contribution in [0, 0.1) is 0 Å². The highest BCUT2D eigenvalue weighted by atomic mass is 79.9. The average molecular weight is 402 g/mol. The van der Waals surface area contributed by atoms with Crippen LogP contribution in [0.3, 0.4) is 0 Å². The Labute approximate surface area is 136 Å². The fourth-order valence-electron chi connectivity index (χ4n) is 1.89. The minimum Gasteiger partial charge on any atom is -0.492 e. The largest absolute Gasteiger partial charge is 0.492 e. The van der Waals surface area contributed by atoms with Crippen molar-refractivity contribution in [2.45, 2.75) is 31.5 Å². The Hall–Kier alpha value is -0.740. The molecule has 0 saturated carbocycles. The van der Waals surface area contributed by atoms with Crippen LogP contribution < -0.4 is 4.74 Å². The van der Waals surface area contributed by atoms with Crippen molar-refractivity contribution < 1.29 is 9.15 Å². The molecule has 2 nitrogen and oxygen atoms in total. The van der Waals surface area contributed by atoms with Gasteiger partial charge in [0.2, 0.25) is 0 Å². The van der Waals surface area contributed by atoms with Gasteiger partial charge < -0.3 is 9.15 Å². The summed E-state index contributed by atoms with van der Waals surface area (Å²) >= 11 is 7.25. The molecule has 0 saturated heterocycles. The van der Waals surface area contributed by atoms with Crippen LogP contribution in [-0.2, 0) is 6.42 Å². The molecule has 1 atom stereocenters. The lowest BCUT2D eigenvalue weighted by Gasteiger charge is -2.11. The maximum Gasteiger partial charge on any atom is 0.133 e. The molecular weight excluding hydrogens is 384 g/mol. The summed E-state index contributed by atoms with van der Waals surface area (Å²) in [6, 6.07) is 10.2. The molecule has 0 aliphatic rings. The zero-order valence-corrected chi connectivity index (χ0v) is 14.8. The highest BCUT2D eigenvalue weighted by molar-refractivity contribution is 9.10. The SMILES string of the molecule is CCCOc1ccc(C(Br)c2ccc(CC)o2)cc1Br. The van der Waals surface area contributed by atoms with E-state index in [1.165, 1.54) is 0 Å². The second kappa shape index (κ2) is 7.32. The highest BCUT2D eigenvalue weighted by Gasteiger charge is 2.16. The van der Waals surface area contributed by atoms with Crippen molar-refractivity contribution >= 4 is 31.9 Å². The van der Waals surface area contributed by atoms with E-state index in [0.29, 0.717) is 0 Å². The Kier molecular flexibility index (Phi) is 5.73. The van der Waals surface area contributed by atoms with Crippen LogP contribution in [-0.4, -0.2) is 6.61 Å². The number of furan rings is 1. The number of hydrogen-bond acceptors (Lipinski definition) is 2. The number of rotatable bonds is 6. The molecule has 1 unspecified atom stereocenters. The Morgan fingerprint density at radius 3 is 2.60 bits per heavy atom. The monoisotopic (exact) mass is 400 g/mol. The van der Waals surface area contributed by atoms with Gasteiger partial charge in [-0.15, -0.1) is 0 Å². The zero-order valence-electron chi connectivity index (χ0n) is 11.7. The van der Waals surface area contributed by atoms with E-state index in [-0.39, 0.29) is 4.83 Å². The summed E-state index contributed by atoms with van der Waals surface area (Å²) in [7, 11) is 0. The summed E-state index contributed by atoms with van der Waals surface area (Å²) in [5, 5.41) is 0. The van der Waals surface area contributed by atoms with Gasteiger partial charge in [-0.25, -0.2) is 0 Å². The minimum atomic E-state index is 0.0549. The van der Waals surface area contributed by atoms with Gasteiger partial charge in [0, 0.05) is 6.42 Å². The lowest BCUT2D eigenvalue weighted by molar-refractivity contribution is 0.315. The van der Waals surface area contributed by atoms with Gasteiger partial charge >= 0.3 is 0 Å². The molecule has 1 aromatic heterocycles. The van der Waals surface area contributed by atoms with Crippen LogP contribution in [0.5, 0.6) is 5.75 Å². The van der Waals surface area contributed by atoms with E-state index in [1.54, 1.807) is 0 Å². The first-order chi connectivity index (χ1) is 9.65. The van der Waals surface area contributed by atoms with Gasteiger partial charge in [0.1, 0.15) is 17.3 Å². The van der Waals surface area contributed by atoms with Crippen molar-refractivity contribution in [2.24, 2.45) is 0 Å². The molecule has 2 rings (SSSR count). The molecule has 108 valence electrons. The van der Waals surface area contributed by atoms with E-state index >= 15 is 0 Å². The molecule has 0 aliphatic heterocycles. The van der Waals surface area contributed by atoms with Gasteiger partial charge in [-0.05, 0) is 52.2 Å². The molecule has 20 heavy (non-hydrogen) atoms.